The van der Waals surface area contributed by atoms with Crippen LogP contribution in [0.4, 0.5) is 11.4 Å². The molecule has 12 nitrogen and oxygen atoms in total. The second-order valence-corrected chi connectivity index (χ2v) is 10.3. The molecule has 0 radical (unpaired) electrons. The highest BCUT2D eigenvalue weighted by Gasteiger charge is 2.24. The van der Waals surface area contributed by atoms with Crippen LogP contribution < -0.4 is 27.5 Å². The normalized spacial score (nSPS) is 12.1. The molecular formula is C29H26Cl2N10O2. The third kappa shape index (κ3) is 7.07. The van der Waals surface area contributed by atoms with Gasteiger partial charge < -0.3 is 11.1 Å². The Labute approximate surface area is 256 Å². The van der Waals surface area contributed by atoms with E-state index in [1.165, 1.54) is 39.0 Å². The molecule has 0 fully saturated rings. The zero-order valence-corrected chi connectivity index (χ0v) is 24.3. The van der Waals surface area contributed by atoms with Crippen molar-refractivity contribution in [1.29, 1.82) is 0 Å². The number of carbonyl (C=O) groups excluding carboxylic acids is 1. The van der Waals surface area contributed by atoms with Crippen molar-refractivity contribution in [2.45, 2.75) is 19.4 Å². The molecule has 5 N–H and O–H groups in total. The standard InChI is InChI=1S/C29H26Cl2N10O2/c1-18-35-17-41(38-18)27-10-8-21(14-34-27)37-29(43)25(11-19-5-3-2-4-6-19)39-16-36-23(13-28(39)42)22-12-20(30)7-9-24(22)40(33)15-26(31)32/h2-10,12-17,25H,11,32-33H2,1H3,(H,37,43)/b26-15-. The first-order valence-electron chi connectivity index (χ1n) is 12.9. The van der Waals surface area contributed by atoms with Crippen LogP contribution in [0.5, 0.6) is 0 Å². The van der Waals surface area contributed by atoms with Crippen LogP contribution in [0.15, 0.2) is 102 Å². The molecule has 1 atom stereocenters. The molecule has 1 amide bonds. The van der Waals surface area contributed by atoms with Crippen LogP contribution in [0.25, 0.3) is 17.1 Å². The highest BCUT2D eigenvalue weighted by Crippen LogP contribution is 2.31. The second-order valence-electron chi connectivity index (χ2n) is 9.44. The van der Waals surface area contributed by atoms with E-state index < -0.39 is 17.5 Å². The van der Waals surface area contributed by atoms with Crippen LogP contribution in [0.1, 0.15) is 17.4 Å². The maximum Gasteiger partial charge on any atom is 0.254 e. The third-order valence-electron chi connectivity index (χ3n) is 6.38. The summed E-state index contributed by atoms with van der Waals surface area (Å²) >= 11 is 12.0. The van der Waals surface area contributed by atoms with Crippen LogP contribution in [0, 0.1) is 6.92 Å². The molecule has 3 heterocycles. The summed E-state index contributed by atoms with van der Waals surface area (Å²) in [6.45, 7) is 1.78. The van der Waals surface area contributed by atoms with Crippen molar-refractivity contribution in [1.82, 2.24) is 29.3 Å². The monoisotopic (exact) mass is 616 g/mol. The summed E-state index contributed by atoms with van der Waals surface area (Å²) in [7, 11) is 0. The first-order valence-corrected chi connectivity index (χ1v) is 13.7. The highest BCUT2D eigenvalue weighted by atomic mass is 35.5. The minimum Gasteiger partial charge on any atom is -0.388 e. The number of pyridine rings is 1. The molecule has 0 aliphatic carbocycles. The number of rotatable bonds is 9. The van der Waals surface area contributed by atoms with Crippen LogP contribution in [0.3, 0.4) is 0 Å². The Morgan fingerprint density at radius 2 is 1.86 bits per heavy atom. The second kappa shape index (κ2) is 12.9. The van der Waals surface area contributed by atoms with Crippen molar-refractivity contribution in [2.75, 3.05) is 10.3 Å². The van der Waals surface area contributed by atoms with Crippen LogP contribution >= 0.6 is 23.2 Å². The predicted octanol–water partition coefficient (Wildman–Crippen LogP) is 3.95. The summed E-state index contributed by atoms with van der Waals surface area (Å²) in [6.07, 6.45) is 5.93. The molecule has 0 aliphatic heterocycles. The Balaban J connectivity index is 1.47. The Hall–Kier alpha value is -5.04. The van der Waals surface area contributed by atoms with E-state index in [4.69, 9.17) is 34.8 Å². The molecule has 3 aromatic heterocycles. The number of aryl methyl sites for hydroxylation is 1. The Bertz CT molecular complexity index is 1830. The number of carbonyl (C=O) groups is 1. The number of hydrogen-bond donors (Lipinski definition) is 3. The number of hydrogen-bond acceptors (Lipinski definition) is 9. The van der Waals surface area contributed by atoms with E-state index in [-0.39, 0.29) is 17.3 Å². The number of hydrazine groups is 1. The first kappa shape index (κ1) is 29.5. The molecule has 43 heavy (non-hydrogen) atoms. The van der Waals surface area contributed by atoms with Gasteiger partial charge in [-0.05, 0) is 42.8 Å². The maximum absolute atomic E-state index is 13.6. The molecule has 2 aromatic carbocycles. The number of aromatic nitrogens is 6. The number of nitrogens with two attached hydrogens (primary N) is 2. The summed E-state index contributed by atoms with van der Waals surface area (Å²) in [6, 6.07) is 18.1. The fraction of sp³-hybridized carbons (Fsp3) is 0.103. The molecule has 1 unspecified atom stereocenters. The van der Waals surface area contributed by atoms with Gasteiger partial charge in [0.25, 0.3) is 5.56 Å². The van der Waals surface area contributed by atoms with Crippen molar-refractivity contribution >= 4 is 40.5 Å². The molecule has 0 saturated heterocycles. The highest BCUT2D eigenvalue weighted by molar-refractivity contribution is 6.31. The van der Waals surface area contributed by atoms with Crippen molar-refractivity contribution < 1.29 is 4.79 Å². The van der Waals surface area contributed by atoms with Gasteiger partial charge in [0, 0.05) is 23.1 Å². The summed E-state index contributed by atoms with van der Waals surface area (Å²) < 4.78 is 2.81. The van der Waals surface area contributed by atoms with Crippen LogP contribution in [-0.4, -0.2) is 35.2 Å². The lowest BCUT2D eigenvalue weighted by Crippen LogP contribution is -2.34. The number of benzene rings is 2. The van der Waals surface area contributed by atoms with Crippen molar-refractivity contribution in [3.63, 3.8) is 0 Å². The van der Waals surface area contributed by atoms with Gasteiger partial charge in [-0.2, -0.15) is 5.10 Å². The predicted molar refractivity (Wildman–Crippen MR) is 165 cm³/mol. The van der Waals surface area contributed by atoms with Crippen LogP contribution in [-0.2, 0) is 11.2 Å². The molecule has 218 valence electrons. The van der Waals surface area contributed by atoms with Gasteiger partial charge in [0.15, 0.2) is 5.82 Å². The molecule has 0 saturated carbocycles. The van der Waals surface area contributed by atoms with E-state index in [9.17, 15) is 9.59 Å². The van der Waals surface area contributed by atoms with Crippen LogP contribution in [0.2, 0.25) is 5.02 Å². The number of amides is 1. The minimum absolute atomic E-state index is 0.0418. The average Bonchev–Trinajstić information content (AvgIpc) is 3.42. The SMILES string of the molecule is Cc1ncn(-c2ccc(NC(=O)C(Cc3ccccc3)n3cnc(-c4cc(Cl)ccc4N(N)/C=C(\N)Cl)cc3=O)cn2)n1. The van der Waals surface area contributed by atoms with Gasteiger partial charge in [0.1, 0.15) is 23.3 Å². The lowest BCUT2D eigenvalue weighted by molar-refractivity contribution is -0.119. The molecule has 0 aliphatic rings. The molecule has 14 heteroatoms. The lowest BCUT2D eigenvalue weighted by atomic mass is 10.0. The average molecular weight is 618 g/mol. The fourth-order valence-electron chi connectivity index (χ4n) is 4.36. The van der Waals surface area contributed by atoms with E-state index in [0.717, 1.165) is 5.56 Å². The maximum atomic E-state index is 13.6. The van der Waals surface area contributed by atoms with Gasteiger partial charge in [-0.3, -0.25) is 19.2 Å². The van der Waals surface area contributed by atoms with E-state index >= 15 is 0 Å². The van der Waals surface area contributed by atoms with Gasteiger partial charge in [-0.1, -0.05) is 53.5 Å². The van der Waals surface area contributed by atoms with Gasteiger partial charge in [0.2, 0.25) is 5.91 Å². The third-order valence-corrected chi connectivity index (χ3v) is 6.71. The topological polar surface area (TPSA) is 163 Å². The lowest BCUT2D eigenvalue weighted by Gasteiger charge is -2.21. The van der Waals surface area contributed by atoms with E-state index in [1.807, 2.05) is 30.3 Å². The molecular weight excluding hydrogens is 591 g/mol. The number of halogens is 2. The number of nitrogens with zero attached hydrogens (tertiary/aromatic N) is 7. The Morgan fingerprint density at radius 1 is 1.07 bits per heavy atom. The molecule has 0 bridgehead atoms. The van der Waals surface area contributed by atoms with Gasteiger partial charge >= 0.3 is 0 Å². The van der Waals surface area contributed by atoms with Gasteiger partial charge in [0.05, 0.1) is 35.8 Å². The summed E-state index contributed by atoms with van der Waals surface area (Å²) in [4.78, 5) is 40.1. The minimum atomic E-state index is -0.932. The van der Waals surface area contributed by atoms with Crippen molar-refractivity contribution in [3.8, 4) is 17.1 Å². The Kier molecular flexibility index (Phi) is 8.81. The molecule has 5 aromatic rings. The smallest absolute Gasteiger partial charge is 0.254 e. The van der Waals surface area contributed by atoms with Crippen molar-refractivity contribution in [3.05, 3.63) is 124 Å². The van der Waals surface area contributed by atoms with E-state index in [0.29, 0.717) is 33.6 Å². The quantitative estimate of drug-likeness (QED) is 0.126. The first-order chi connectivity index (χ1) is 20.7. The number of anilines is 2. The van der Waals surface area contributed by atoms with Crippen molar-refractivity contribution in [2.24, 2.45) is 11.6 Å². The molecule has 0 spiro atoms. The Morgan fingerprint density at radius 3 is 2.51 bits per heavy atom. The van der Waals surface area contributed by atoms with E-state index in [1.54, 1.807) is 43.6 Å². The summed E-state index contributed by atoms with van der Waals surface area (Å²) in [5.74, 6) is 6.84. The fourth-order valence-corrected chi connectivity index (χ4v) is 4.64. The van der Waals surface area contributed by atoms with Gasteiger partial charge in [-0.25, -0.2) is 25.5 Å². The number of nitrogens with one attached hydrogen (secondary N) is 1. The van der Waals surface area contributed by atoms with E-state index in [2.05, 4.69) is 25.4 Å². The summed E-state index contributed by atoms with van der Waals surface area (Å²) in [5.41, 5.74) is 7.62. The van der Waals surface area contributed by atoms with Gasteiger partial charge in [-0.15, -0.1) is 0 Å². The summed E-state index contributed by atoms with van der Waals surface area (Å²) in [5, 5.41) is 8.67. The largest absolute Gasteiger partial charge is 0.388 e. The molecule has 5 rings (SSSR count). The zero-order chi connectivity index (χ0) is 30.5. The zero-order valence-electron chi connectivity index (χ0n) is 22.8.